The maximum atomic E-state index is 9.58. The van der Waals surface area contributed by atoms with Crippen molar-refractivity contribution in [3.05, 3.63) is 0 Å². The fourth-order valence-corrected chi connectivity index (χ4v) is 1.40. The molecular weight excluding hydrogens is 228 g/mol. The molecule has 0 fully saturated rings. The summed E-state index contributed by atoms with van der Waals surface area (Å²) in [6.45, 7) is 10.1. The minimum atomic E-state index is 0.522. The Morgan fingerprint density at radius 2 is 1.33 bits per heavy atom. The summed E-state index contributed by atoms with van der Waals surface area (Å²) < 4.78 is 0. The molecule has 0 N–H and O–H groups in total. The third-order valence-corrected chi connectivity index (χ3v) is 2.17. The molecule has 0 aliphatic rings. The van der Waals surface area contributed by atoms with E-state index in [2.05, 4.69) is 37.7 Å². The predicted octanol–water partition coefficient (Wildman–Crippen LogP) is 3.66. The van der Waals surface area contributed by atoms with Crippen LogP contribution in [-0.2, 0) is 9.59 Å². The molecule has 0 rings (SSSR count). The summed E-state index contributed by atoms with van der Waals surface area (Å²) in [4.78, 5) is 25.9. The maximum absolute atomic E-state index is 9.58. The van der Waals surface area contributed by atoms with Crippen molar-refractivity contribution in [3.63, 3.8) is 0 Å². The Kier molecular flexibility index (Phi) is 14.7. The van der Waals surface area contributed by atoms with Crippen molar-refractivity contribution >= 4 is 12.2 Å². The Labute approximate surface area is 111 Å². The van der Waals surface area contributed by atoms with Crippen LogP contribution in [0.25, 0.3) is 0 Å². The van der Waals surface area contributed by atoms with E-state index in [1.165, 1.54) is 25.0 Å². The molecule has 0 aliphatic heterocycles. The van der Waals surface area contributed by atoms with Gasteiger partial charge in [-0.25, -0.2) is 19.6 Å². The number of unbranched alkanes of at least 4 members (excludes halogenated alkanes) is 2. The first kappa shape index (κ1) is 19.1. The van der Waals surface area contributed by atoms with E-state index in [0.717, 1.165) is 19.3 Å². The fraction of sp³-hybridized carbons (Fsp3) is 0.857. The van der Waals surface area contributed by atoms with E-state index in [0.29, 0.717) is 18.5 Å². The van der Waals surface area contributed by atoms with Crippen molar-refractivity contribution in [1.82, 2.24) is 0 Å². The molecule has 0 aromatic heterocycles. The molecule has 4 heteroatoms. The van der Waals surface area contributed by atoms with Crippen molar-refractivity contribution in [3.8, 4) is 0 Å². The normalized spacial score (nSPS) is 9.56. The molecule has 18 heavy (non-hydrogen) atoms. The highest BCUT2D eigenvalue weighted by Gasteiger charge is 2.06. The number of rotatable bonds is 7. The van der Waals surface area contributed by atoms with Crippen LogP contribution in [0.4, 0.5) is 0 Å². The Morgan fingerprint density at radius 3 is 1.56 bits per heavy atom. The van der Waals surface area contributed by atoms with E-state index >= 15 is 0 Å². The zero-order valence-electron chi connectivity index (χ0n) is 12.2. The summed E-state index contributed by atoms with van der Waals surface area (Å²) in [5, 5.41) is 0. The highest BCUT2D eigenvalue weighted by Crippen LogP contribution is 2.19. The van der Waals surface area contributed by atoms with E-state index in [9.17, 15) is 9.59 Å². The van der Waals surface area contributed by atoms with Gasteiger partial charge in [0.25, 0.3) is 0 Å². The lowest BCUT2D eigenvalue weighted by Gasteiger charge is -2.15. The van der Waals surface area contributed by atoms with Crippen LogP contribution >= 0.6 is 0 Å². The van der Waals surface area contributed by atoms with Gasteiger partial charge in [-0.3, -0.25) is 0 Å². The lowest BCUT2D eigenvalue weighted by molar-refractivity contribution is 0.373. The lowest BCUT2D eigenvalue weighted by atomic mass is 9.91. The Bertz CT molecular complexity index is 250. The topological polar surface area (TPSA) is 58.9 Å². The van der Waals surface area contributed by atoms with Crippen LogP contribution < -0.4 is 0 Å². The number of isocyanates is 2. The number of nitrogens with zero attached hydrogens (tertiary/aromatic N) is 2. The quantitative estimate of drug-likeness (QED) is 0.395. The van der Waals surface area contributed by atoms with Crippen LogP contribution in [0.2, 0.25) is 0 Å². The van der Waals surface area contributed by atoms with Gasteiger partial charge in [-0.15, -0.1) is 0 Å². The molecule has 0 spiro atoms. The predicted molar refractivity (Wildman–Crippen MR) is 74.2 cm³/mol. The second kappa shape index (κ2) is 13.8. The Hall–Kier alpha value is -1.24. The number of hydrogen-bond acceptors (Lipinski definition) is 4. The number of hydrogen-bond donors (Lipinski definition) is 0. The average Bonchev–Trinajstić information content (AvgIpc) is 2.27. The van der Waals surface area contributed by atoms with Gasteiger partial charge in [0.05, 0.1) is 13.1 Å². The molecule has 0 radical (unpaired) electrons. The minimum absolute atomic E-state index is 0.522. The zero-order valence-corrected chi connectivity index (χ0v) is 12.2. The van der Waals surface area contributed by atoms with Crippen LogP contribution in [0.15, 0.2) is 9.98 Å². The second-order valence-electron chi connectivity index (χ2n) is 5.32. The summed E-state index contributed by atoms with van der Waals surface area (Å²) >= 11 is 0. The van der Waals surface area contributed by atoms with Crippen molar-refractivity contribution in [2.24, 2.45) is 15.4 Å². The van der Waals surface area contributed by atoms with Gasteiger partial charge < -0.3 is 0 Å². The fourth-order valence-electron chi connectivity index (χ4n) is 1.40. The summed E-state index contributed by atoms with van der Waals surface area (Å²) in [6.07, 6.45) is 8.20. The van der Waals surface area contributed by atoms with E-state index in [1.54, 1.807) is 0 Å². The maximum Gasteiger partial charge on any atom is 0.234 e. The SMILES string of the molecule is CCCC(C)(C)C.O=C=NCCCCCN=C=O. The largest absolute Gasteiger partial charge is 0.234 e. The number of carbonyl (C=O) groups excluding carboxylic acids is 2. The standard InChI is InChI=1S/C7H10N2O2.C7H16/c10-6-8-4-2-1-3-5-9-7-11;1-5-6-7(2,3)4/h1-5H2;5-6H2,1-4H3. The first-order chi connectivity index (χ1) is 8.47. The average molecular weight is 254 g/mol. The van der Waals surface area contributed by atoms with Crippen LogP contribution in [0.3, 0.4) is 0 Å². The van der Waals surface area contributed by atoms with E-state index in [4.69, 9.17) is 0 Å². The molecule has 0 atom stereocenters. The third kappa shape index (κ3) is 24.1. The third-order valence-electron chi connectivity index (χ3n) is 2.17. The Morgan fingerprint density at radius 1 is 0.889 bits per heavy atom. The van der Waals surface area contributed by atoms with Crippen LogP contribution in [0.5, 0.6) is 0 Å². The molecule has 104 valence electrons. The molecule has 0 aromatic rings. The first-order valence-electron chi connectivity index (χ1n) is 6.55. The van der Waals surface area contributed by atoms with Gasteiger partial charge in [-0.05, 0) is 31.1 Å². The van der Waals surface area contributed by atoms with E-state index in [1.807, 2.05) is 0 Å². The van der Waals surface area contributed by atoms with Gasteiger partial charge in [0.15, 0.2) is 0 Å². The summed E-state index contributed by atoms with van der Waals surface area (Å²) in [5.41, 5.74) is 0.550. The van der Waals surface area contributed by atoms with Gasteiger partial charge in [-0.2, -0.15) is 0 Å². The molecule has 0 saturated carbocycles. The molecule has 0 amide bonds. The van der Waals surface area contributed by atoms with Crippen LogP contribution in [0, 0.1) is 5.41 Å². The van der Waals surface area contributed by atoms with Gasteiger partial charge >= 0.3 is 0 Å². The zero-order chi connectivity index (χ0) is 14.3. The van der Waals surface area contributed by atoms with Crippen LogP contribution in [-0.4, -0.2) is 25.2 Å². The molecule has 0 aliphatic carbocycles. The smallest absolute Gasteiger partial charge is 0.211 e. The van der Waals surface area contributed by atoms with Gasteiger partial charge in [0.1, 0.15) is 0 Å². The molecule has 0 heterocycles. The second-order valence-corrected chi connectivity index (χ2v) is 5.32. The summed E-state index contributed by atoms with van der Waals surface area (Å²) in [7, 11) is 0. The highest BCUT2D eigenvalue weighted by atomic mass is 16.1. The molecule has 0 aromatic carbocycles. The van der Waals surface area contributed by atoms with Gasteiger partial charge in [0.2, 0.25) is 12.2 Å². The van der Waals surface area contributed by atoms with Gasteiger partial charge in [0, 0.05) is 0 Å². The van der Waals surface area contributed by atoms with Crippen LogP contribution in [0.1, 0.15) is 59.8 Å². The van der Waals surface area contributed by atoms with E-state index in [-0.39, 0.29) is 0 Å². The number of aliphatic imine (C=N–C) groups is 2. The first-order valence-corrected chi connectivity index (χ1v) is 6.55. The Balaban J connectivity index is 0. The summed E-state index contributed by atoms with van der Waals surface area (Å²) in [5.74, 6) is 0. The van der Waals surface area contributed by atoms with Crippen molar-refractivity contribution in [2.45, 2.75) is 59.8 Å². The minimum Gasteiger partial charge on any atom is -0.211 e. The molecule has 4 nitrogen and oxygen atoms in total. The molecule has 0 unspecified atom stereocenters. The van der Waals surface area contributed by atoms with E-state index < -0.39 is 0 Å². The molecule has 0 bridgehead atoms. The molecule has 0 saturated heterocycles. The summed E-state index contributed by atoms with van der Waals surface area (Å²) in [6, 6.07) is 0. The van der Waals surface area contributed by atoms with Crippen molar-refractivity contribution in [2.75, 3.05) is 13.1 Å². The molecular formula is C14H26N2O2. The van der Waals surface area contributed by atoms with Gasteiger partial charge in [-0.1, -0.05) is 34.1 Å². The highest BCUT2D eigenvalue weighted by molar-refractivity contribution is 5.32. The lowest BCUT2D eigenvalue weighted by Crippen LogP contribution is -2.02. The van der Waals surface area contributed by atoms with Crippen molar-refractivity contribution < 1.29 is 9.59 Å². The monoisotopic (exact) mass is 254 g/mol. The van der Waals surface area contributed by atoms with Crippen molar-refractivity contribution in [1.29, 1.82) is 0 Å².